The van der Waals surface area contributed by atoms with Crippen molar-refractivity contribution in [2.45, 2.75) is 13.8 Å². The minimum absolute atomic E-state index is 0.00650. The molecule has 0 saturated heterocycles. The maximum Gasteiger partial charge on any atom is 0.198 e. The van der Waals surface area contributed by atoms with Gasteiger partial charge in [-0.1, -0.05) is 12.1 Å². The van der Waals surface area contributed by atoms with E-state index in [-0.39, 0.29) is 78.6 Å². The minimum Gasteiger partial charge on any atom is -0.507 e. The summed E-state index contributed by atoms with van der Waals surface area (Å²) in [5.74, 6) is -2.46. The highest BCUT2D eigenvalue weighted by Crippen LogP contribution is 2.49. The number of ketones is 4. The molecule has 2 aliphatic carbocycles. The van der Waals surface area contributed by atoms with Gasteiger partial charge in [-0.3, -0.25) is 19.2 Å². The number of hydrogen-bond donors (Lipinski definition) is 2. The molecule has 6 rings (SSSR count). The summed E-state index contributed by atoms with van der Waals surface area (Å²) in [6.07, 6.45) is 0. The summed E-state index contributed by atoms with van der Waals surface area (Å²) in [5.41, 5.74) is 0.873. The van der Waals surface area contributed by atoms with Gasteiger partial charge in [-0.15, -0.1) is 0 Å². The molecule has 0 atom stereocenters. The Kier molecular flexibility index (Phi) is 5.41. The number of ether oxygens (including phenoxy) is 2. The third-order valence-corrected chi connectivity index (χ3v) is 7.67. The van der Waals surface area contributed by atoms with E-state index in [4.69, 9.17) is 9.47 Å². The zero-order valence-corrected chi connectivity index (χ0v) is 22.0. The van der Waals surface area contributed by atoms with Gasteiger partial charge in [0.05, 0.1) is 25.3 Å². The van der Waals surface area contributed by atoms with Crippen LogP contribution in [0.4, 0.5) is 0 Å². The smallest absolute Gasteiger partial charge is 0.198 e. The summed E-state index contributed by atoms with van der Waals surface area (Å²) in [6, 6.07) is 11.9. The second kappa shape index (κ2) is 8.64. The van der Waals surface area contributed by atoms with Crippen LogP contribution >= 0.6 is 0 Å². The molecule has 0 amide bonds. The van der Waals surface area contributed by atoms with Crippen LogP contribution in [0.15, 0.2) is 48.5 Å². The topological polar surface area (TPSA) is 127 Å². The zero-order chi connectivity index (χ0) is 28.6. The number of phenols is 2. The van der Waals surface area contributed by atoms with Crippen molar-refractivity contribution in [1.29, 1.82) is 0 Å². The summed E-state index contributed by atoms with van der Waals surface area (Å²) >= 11 is 0. The number of aryl methyl sites for hydroxylation is 2. The van der Waals surface area contributed by atoms with E-state index in [2.05, 4.69) is 0 Å². The Labute approximate surface area is 228 Å². The van der Waals surface area contributed by atoms with Gasteiger partial charge in [-0.2, -0.15) is 0 Å². The fourth-order valence-electron chi connectivity index (χ4n) is 5.62. The fraction of sp³-hybridized carbons (Fsp3) is 0.125. The lowest BCUT2D eigenvalue weighted by atomic mass is 9.75. The summed E-state index contributed by atoms with van der Waals surface area (Å²) in [5, 5.41) is 21.3. The van der Waals surface area contributed by atoms with E-state index in [0.717, 1.165) is 0 Å². The Hall–Kier alpha value is -5.24. The number of hydrogen-bond acceptors (Lipinski definition) is 8. The molecule has 0 heterocycles. The van der Waals surface area contributed by atoms with Crippen molar-refractivity contribution in [3.63, 3.8) is 0 Å². The normalized spacial score (nSPS) is 13.4. The largest absolute Gasteiger partial charge is 0.507 e. The van der Waals surface area contributed by atoms with Crippen LogP contribution in [0.3, 0.4) is 0 Å². The van der Waals surface area contributed by atoms with Crippen LogP contribution in [0.1, 0.15) is 74.8 Å². The predicted octanol–water partition coefficient (Wildman–Crippen LogP) is 4.95. The molecular weight excluding hydrogens is 512 g/mol. The summed E-state index contributed by atoms with van der Waals surface area (Å²) in [7, 11) is 2.77. The maximum absolute atomic E-state index is 14.0. The predicted molar refractivity (Wildman–Crippen MR) is 144 cm³/mol. The van der Waals surface area contributed by atoms with Gasteiger partial charge in [-0.05, 0) is 61.4 Å². The molecule has 0 aliphatic heterocycles. The zero-order valence-electron chi connectivity index (χ0n) is 22.0. The SMILES string of the molecule is COc1ccc2c(c1-c1c(OC)ccc3c1C(=O)c1ccc(C)c(O)c1C3=O)C(=O)c1ccc(C)c(O)c1C2=O. The molecular formula is C32H22O8. The van der Waals surface area contributed by atoms with Crippen LogP contribution in [0, 0.1) is 13.8 Å². The third-order valence-electron chi connectivity index (χ3n) is 7.67. The van der Waals surface area contributed by atoms with Crippen molar-refractivity contribution in [2.24, 2.45) is 0 Å². The Balaban J connectivity index is 1.72. The fourth-order valence-corrected chi connectivity index (χ4v) is 5.62. The first-order valence-electron chi connectivity index (χ1n) is 12.4. The van der Waals surface area contributed by atoms with Gasteiger partial charge in [0.2, 0.25) is 0 Å². The number of fused-ring (bicyclic) bond motifs is 4. The molecule has 4 aromatic rings. The number of carbonyl (C=O) groups excluding carboxylic acids is 4. The number of carbonyl (C=O) groups is 4. The highest BCUT2D eigenvalue weighted by atomic mass is 16.5. The van der Waals surface area contributed by atoms with Crippen molar-refractivity contribution >= 4 is 23.1 Å². The Bertz CT molecular complexity index is 1740. The maximum atomic E-state index is 14.0. The van der Waals surface area contributed by atoms with Gasteiger partial charge in [0.1, 0.15) is 23.0 Å². The first-order chi connectivity index (χ1) is 19.1. The highest BCUT2D eigenvalue weighted by molar-refractivity contribution is 6.34. The van der Waals surface area contributed by atoms with Crippen LogP contribution in [0.5, 0.6) is 23.0 Å². The molecule has 8 heteroatoms. The second-order valence-electron chi connectivity index (χ2n) is 9.75. The first kappa shape index (κ1) is 25.1. The van der Waals surface area contributed by atoms with Crippen molar-refractivity contribution in [3.05, 3.63) is 104 Å². The average molecular weight is 535 g/mol. The molecule has 0 aromatic heterocycles. The molecule has 0 saturated carbocycles. The van der Waals surface area contributed by atoms with Crippen molar-refractivity contribution in [1.82, 2.24) is 0 Å². The van der Waals surface area contributed by atoms with Gasteiger partial charge >= 0.3 is 0 Å². The van der Waals surface area contributed by atoms with Crippen LogP contribution in [-0.2, 0) is 0 Å². The molecule has 0 radical (unpaired) electrons. The Morgan fingerprint density at radius 2 is 0.750 bits per heavy atom. The van der Waals surface area contributed by atoms with Gasteiger partial charge < -0.3 is 19.7 Å². The molecule has 40 heavy (non-hydrogen) atoms. The van der Waals surface area contributed by atoms with Crippen LogP contribution in [-0.4, -0.2) is 47.6 Å². The van der Waals surface area contributed by atoms with Crippen molar-refractivity contribution in [2.75, 3.05) is 14.2 Å². The quantitative estimate of drug-likeness (QED) is 0.327. The van der Waals surface area contributed by atoms with E-state index >= 15 is 0 Å². The van der Waals surface area contributed by atoms with Crippen LogP contribution in [0.2, 0.25) is 0 Å². The molecule has 2 aliphatic rings. The second-order valence-corrected chi connectivity index (χ2v) is 9.75. The lowest BCUT2D eigenvalue weighted by Crippen LogP contribution is -2.25. The Morgan fingerprint density at radius 1 is 0.450 bits per heavy atom. The highest BCUT2D eigenvalue weighted by Gasteiger charge is 2.40. The molecule has 0 unspecified atom stereocenters. The minimum atomic E-state index is -0.563. The van der Waals surface area contributed by atoms with Gasteiger partial charge in [-0.25, -0.2) is 0 Å². The molecule has 0 bridgehead atoms. The summed E-state index contributed by atoms with van der Waals surface area (Å²) in [6.45, 7) is 3.26. The molecule has 2 N–H and O–H groups in total. The van der Waals surface area contributed by atoms with Crippen molar-refractivity contribution < 1.29 is 38.9 Å². The van der Waals surface area contributed by atoms with E-state index in [9.17, 15) is 29.4 Å². The molecule has 0 fully saturated rings. The standard InChI is InChI=1S/C32H22O8/c1-13-5-7-17-23(27(13)33)31(37)15-9-11-19(39-3)25(21(15)29(17)35)26-20(40-4)12-10-16-22(26)30(36)18-8-6-14(2)28(34)24(18)32(16)38/h5-12,33-34H,1-4H3. The van der Waals surface area contributed by atoms with Crippen LogP contribution in [0.25, 0.3) is 11.1 Å². The number of benzene rings is 4. The molecule has 4 aromatic carbocycles. The summed E-state index contributed by atoms with van der Waals surface area (Å²) < 4.78 is 11.3. The number of phenolic OH excluding ortho intramolecular Hbond substituents is 2. The van der Waals surface area contributed by atoms with Crippen LogP contribution < -0.4 is 9.47 Å². The Morgan fingerprint density at radius 3 is 1.10 bits per heavy atom. The van der Waals surface area contributed by atoms with Gasteiger partial charge in [0, 0.05) is 44.5 Å². The average Bonchev–Trinajstić information content (AvgIpc) is 2.95. The van der Waals surface area contributed by atoms with E-state index in [1.165, 1.54) is 50.6 Å². The summed E-state index contributed by atoms with van der Waals surface area (Å²) in [4.78, 5) is 55.4. The molecule has 0 spiro atoms. The monoisotopic (exact) mass is 534 g/mol. The number of rotatable bonds is 3. The van der Waals surface area contributed by atoms with E-state index < -0.39 is 23.1 Å². The van der Waals surface area contributed by atoms with Gasteiger partial charge in [0.15, 0.2) is 23.1 Å². The van der Waals surface area contributed by atoms with Gasteiger partial charge in [0.25, 0.3) is 0 Å². The lowest BCUT2D eigenvalue weighted by Gasteiger charge is -2.27. The number of methoxy groups -OCH3 is 2. The third kappa shape index (κ3) is 3.13. The number of aromatic hydroxyl groups is 2. The van der Waals surface area contributed by atoms with E-state index in [1.807, 2.05) is 0 Å². The van der Waals surface area contributed by atoms with E-state index in [1.54, 1.807) is 26.0 Å². The first-order valence-corrected chi connectivity index (χ1v) is 12.4. The molecule has 198 valence electrons. The van der Waals surface area contributed by atoms with E-state index in [0.29, 0.717) is 11.1 Å². The van der Waals surface area contributed by atoms with Crippen molar-refractivity contribution in [3.8, 4) is 34.1 Å². The molecule has 8 nitrogen and oxygen atoms in total. The lowest BCUT2D eigenvalue weighted by molar-refractivity contribution is 0.0975.